The Hall–Kier alpha value is -2.94. The lowest BCUT2D eigenvalue weighted by atomic mass is 10.2. The summed E-state index contributed by atoms with van der Waals surface area (Å²) in [7, 11) is 3.09. The summed E-state index contributed by atoms with van der Waals surface area (Å²) < 4.78 is 10.6. The van der Waals surface area contributed by atoms with Crippen molar-refractivity contribution < 1.29 is 14.3 Å². The van der Waals surface area contributed by atoms with Crippen LogP contribution < -0.4 is 25.4 Å². The summed E-state index contributed by atoms with van der Waals surface area (Å²) >= 11 is 13.1. The monoisotopic (exact) mass is 487 g/mol. The van der Waals surface area contributed by atoms with Crippen LogP contribution in [0.15, 0.2) is 65.6 Å². The van der Waals surface area contributed by atoms with Gasteiger partial charge in [0.2, 0.25) is 0 Å². The number of rotatable bonds is 7. The first-order valence-electron chi connectivity index (χ1n) is 9.49. The van der Waals surface area contributed by atoms with Crippen molar-refractivity contribution in [2.75, 3.05) is 36.4 Å². The summed E-state index contributed by atoms with van der Waals surface area (Å²) in [5, 5.41) is 9.86. The molecule has 3 aromatic carbocycles. The lowest BCUT2D eigenvalue weighted by molar-refractivity contribution is 0.102. The Morgan fingerprint density at radius 2 is 1.53 bits per heavy atom. The Kier molecular flexibility index (Phi) is 8.21. The largest absolute Gasteiger partial charge is 0.495 e. The lowest BCUT2D eigenvalue weighted by Gasteiger charge is -2.15. The van der Waals surface area contributed by atoms with Crippen LogP contribution in [0.25, 0.3) is 0 Å². The van der Waals surface area contributed by atoms with Crippen LogP contribution in [0.4, 0.5) is 17.1 Å². The molecule has 0 spiro atoms. The van der Waals surface area contributed by atoms with Crippen molar-refractivity contribution >= 4 is 63.7 Å². The van der Waals surface area contributed by atoms with E-state index in [-0.39, 0.29) is 5.91 Å². The molecule has 0 aromatic heterocycles. The molecule has 0 saturated heterocycles. The van der Waals surface area contributed by atoms with E-state index >= 15 is 0 Å². The fourth-order valence-electron chi connectivity index (χ4n) is 2.91. The molecule has 3 aromatic rings. The zero-order valence-corrected chi connectivity index (χ0v) is 20.1. The maximum atomic E-state index is 12.6. The summed E-state index contributed by atoms with van der Waals surface area (Å²) in [6.07, 6.45) is 1.94. The first-order chi connectivity index (χ1) is 15.4. The molecule has 32 heavy (non-hydrogen) atoms. The number of methoxy groups -OCH3 is 2. The van der Waals surface area contributed by atoms with Crippen LogP contribution in [0.5, 0.6) is 11.5 Å². The van der Waals surface area contributed by atoms with E-state index in [1.807, 2.05) is 36.6 Å². The Morgan fingerprint density at radius 3 is 2.16 bits per heavy atom. The predicted octanol–water partition coefficient (Wildman–Crippen LogP) is 6.14. The molecule has 0 bridgehead atoms. The van der Waals surface area contributed by atoms with Gasteiger partial charge in [0, 0.05) is 22.3 Å². The van der Waals surface area contributed by atoms with Gasteiger partial charge in [-0.25, -0.2) is 0 Å². The second-order valence-electron chi connectivity index (χ2n) is 6.50. The average Bonchev–Trinajstić information content (AvgIpc) is 2.80. The Balaban J connectivity index is 1.64. The van der Waals surface area contributed by atoms with Crippen LogP contribution in [0.2, 0.25) is 5.02 Å². The molecule has 0 radical (unpaired) electrons. The Morgan fingerprint density at radius 1 is 0.906 bits per heavy atom. The Labute approximate surface area is 201 Å². The summed E-state index contributed by atoms with van der Waals surface area (Å²) in [6, 6.07) is 18.1. The van der Waals surface area contributed by atoms with Crippen LogP contribution >= 0.6 is 35.6 Å². The molecule has 0 aliphatic carbocycles. The zero-order valence-electron chi connectivity index (χ0n) is 17.7. The molecule has 1 amide bonds. The van der Waals surface area contributed by atoms with E-state index in [9.17, 15) is 4.79 Å². The van der Waals surface area contributed by atoms with E-state index < -0.39 is 0 Å². The summed E-state index contributed by atoms with van der Waals surface area (Å²) in [4.78, 5) is 13.5. The van der Waals surface area contributed by atoms with Crippen LogP contribution in [0.3, 0.4) is 0 Å². The van der Waals surface area contributed by atoms with Gasteiger partial charge >= 0.3 is 0 Å². The molecule has 0 heterocycles. The SMILES string of the molecule is COc1cc(OC)c(NC(=S)Nc2ccc(NC(=O)c3ccccc3SC)cc2)cc1Cl. The molecular weight excluding hydrogens is 466 g/mol. The van der Waals surface area contributed by atoms with Crippen molar-refractivity contribution in [3.8, 4) is 11.5 Å². The first-order valence-corrected chi connectivity index (χ1v) is 11.5. The lowest BCUT2D eigenvalue weighted by Crippen LogP contribution is -2.19. The van der Waals surface area contributed by atoms with Crippen LogP contribution in [-0.2, 0) is 0 Å². The summed E-state index contributed by atoms with van der Waals surface area (Å²) in [5.74, 6) is 0.890. The minimum absolute atomic E-state index is 0.156. The van der Waals surface area contributed by atoms with E-state index in [1.165, 1.54) is 18.9 Å². The van der Waals surface area contributed by atoms with Crippen LogP contribution in [0, 0.1) is 0 Å². The number of benzene rings is 3. The molecule has 0 fully saturated rings. The molecule has 6 nitrogen and oxygen atoms in total. The van der Waals surface area contributed by atoms with Crippen molar-refractivity contribution in [2.45, 2.75) is 4.90 Å². The summed E-state index contributed by atoms with van der Waals surface area (Å²) in [6.45, 7) is 0. The number of carbonyl (C=O) groups excluding carboxylic acids is 1. The van der Waals surface area contributed by atoms with Gasteiger partial charge in [0.1, 0.15) is 11.5 Å². The van der Waals surface area contributed by atoms with Crippen LogP contribution in [-0.4, -0.2) is 31.5 Å². The fraction of sp³-hybridized carbons (Fsp3) is 0.130. The molecule has 9 heteroatoms. The molecule has 0 saturated carbocycles. The van der Waals surface area contributed by atoms with Gasteiger partial charge in [-0.05, 0) is 60.9 Å². The molecule has 3 rings (SSSR count). The third-order valence-electron chi connectivity index (χ3n) is 4.47. The predicted molar refractivity (Wildman–Crippen MR) is 137 cm³/mol. The van der Waals surface area contributed by atoms with E-state index in [0.29, 0.717) is 38.6 Å². The van der Waals surface area contributed by atoms with Crippen molar-refractivity contribution in [2.24, 2.45) is 0 Å². The maximum Gasteiger partial charge on any atom is 0.256 e. The summed E-state index contributed by atoms with van der Waals surface area (Å²) in [5.41, 5.74) is 2.68. The molecule has 166 valence electrons. The number of thioether (sulfide) groups is 1. The first kappa shape index (κ1) is 23.7. The zero-order chi connectivity index (χ0) is 23.1. The standard InChI is InChI=1S/C23H22ClN3O3S2/c1-29-19-13-20(30-2)18(12-17(19)24)27-23(31)26-15-10-8-14(9-11-15)25-22(28)16-6-4-5-7-21(16)32-3/h4-13H,1-3H3,(H,25,28)(H2,26,27,31). The quantitative estimate of drug-likeness (QED) is 0.273. The van der Waals surface area contributed by atoms with E-state index in [1.54, 1.807) is 37.4 Å². The highest BCUT2D eigenvalue weighted by molar-refractivity contribution is 7.98. The van der Waals surface area contributed by atoms with Gasteiger partial charge in [0.15, 0.2) is 5.11 Å². The third kappa shape index (κ3) is 5.85. The highest BCUT2D eigenvalue weighted by Gasteiger charge is 2.12. The third-order valence-corrected chi connectivity index (χ3v) is 5.77. The van der Waals surface area contributed by atoms with E-state index in [0.717, 1.165) is 10.6 Å². The minimum Gasteiger partial charge on any atom is -0.495 e. The smallest absolute Gasteiger partial charge is 0.256 e. The van der Waals surface area contributed by atoms with Gasteiger partial charge in [0.25, 0.3) is 5.91 Å². The average molecular weight is 488 g/mol. The molecule has 0 unspecified atom stereocenters. The fourth-order valence-corrected chi connectivity index (χ4v) is 3.97. The maximum absolute atomic E-state index is 12.6. The van der Waals surface area contributed by atoms with Gasteiger partial charge in [-0.1, -0.05) is 23.7 Å². The van der Waals surface area contributed by atoms with Crippen molar-refractivity contribution in [1.29, 1.82) is 0 Å². The number of anilines is 3. The highest BCUT2D eigenvalue weighted by atomic mass is 35.5. The number of halogens is 1. The van der Waals surface area contributed by atoms with E-state index in [2.05, 4.69) is 16.0 Å². The molecular formula is C23H22ClN3O3S2. The second kappa shape index (κ2) is 11.1. The van der Waals surface area contributed by atoms with Gasteiger partial charge < -0.3 is 25.4 Å². The molecule has 0 atom stereocenters. The number of thiocarbonyl (C=S) groups is 1. The second-order valence-corrected chi connectivity index (χ2v) is 8.16. The highest BCUT2D eigenvalue weighted by Crippen LogP contribution is 2.36. The Bertz CT molecular complexity index is 1120. The van der Waals surface area contributed by atoms with Gasteiger partial charge in [-0.2, -0.15) is 0 Å². The van der Waals surface area contributed by atoms with Gasteiger partial charge in [0.05, 0.1) is 30.5 Å². The number of nitrogens with one attached hydrogen (secondary N) is 3. The number of ether oxygens (including phenoxy) is 2. The number of carbonyl (C=O) groups is 1. The van der Waals surface area contributed by atoms with Crippen LogP contribution in [0.1, 0.15) is 10.4 Å². The van der Waals surface area contributed by atoms with Crippen molar-refractivity contribution in [1.82, 2.24) is 0 Å². The molecule has 3 N–H and O–H groups in total. The van der Waals surface area contributed by atoms with Gasteiger partial charge in [-0.3, -0.25) is 4.79 Å². The van der Waals surface area contributed by atoms with E-state index in [4.69, 9.17) is 33.3 Å². The van der Waals surface area contributed by atoms with Crippen molar-refractivity contribution in [3.63, 3.8) is 0 Å². The topological polar surface area (TPSA) is 71.6 Å². The minimum atomic E-state index is -0.156. The van der Waals surface area contributed by atoms with Crippen molar-refractivity contribution in [3.05, 3.63) is 71.2 Å². The number of amides is 1. The number of hydrogen-bond acceptors (Lipinski definition) is 5. The number of hydrogen-bond donors (Lipinski definition) is 3. The van der Waals surface area contributed by atoms with Gasteiger partial charge in [-0.15, -0.1) is 11.8 Å². The molecule has 0 aliphatic rings. The molecule has 0 aliphatic heterocycles. The normalized spacial score (nSPS) is 10.2.